The summed E-state index contributed by atoms with van der Waals surface area (Å²) in [5.41, 5.74) is 2.73. The molecule has 3 N–H and O–H groups in total. The van der Waals surface area contributed by atoms with Gasteiger partial charge in [-0.1, -0.05) is 0 Å². The molecule has 1 aliphatic rings. The van der Waals surface area contributed by atoms with E-state index in [2.05, 4.69) is 15.0 Å². The van der Waals surface area contributed by atoms with Gasteiger partial charge < -0.3 is 24.6 Å². The molecule has 0 aliphatic carbocycles. The van der Waals surface area contributed by atoms with E-state index in [1.807, 2.05) is 19.9 Å². The monoisotopic (exact) mass is 356 g/mol. The van der Waals surface area contributed by atoms with E-state index in [-0.39, 0.29) is 0 Å². The van der Waals surface area contributed by atoms with Gasteiger partial charge in [0.15, 0.2) is 6.23 Å². The Balaban J connectivity index is 1.66. The molecule has 26 heavy (non-hydrogen) atoms. The minimum atomic E-state index is -1.25. The lowest BCUT2D eigenvalue weighted by Gasteiger charge is -2.21. The summed E-state index contributed by atoms with van der Waals surface area (Å²) in [5, 5.41) is 32.5. The van der Waals surface area contributed by atoms with Gasteiger partial charge in [-0.15, -0.1) is 0 Å². The van der Waals surface area contributed by atoms with Crippen molar-refractivity contribution in [2.45, 2.75) is 44.5 Å². The van der Waals surface area contributed by atoms with Gasteiger partial charge >= 0.3 is 0 Å². The molecule has 0 saturated carbocycles. The lowest BCUT2D eigenvalue weighted by molar-refractivity contribution is -0.0848. The van der Waals surface area contributed by atoms with E-state index in [4.69, 9.17) is 4.74 Å². The van der Waals surface area contributed by atoms with Crippen LogP contribution in [0.15, 0.2) is 36.9 Å². The largest absolute Gasteiger partial charge is 0.387 e. The first-order chi connectivity index (χ1) is 12.5. The first kappa shape index (κ1) is 17.0. The maximum absolute atomic E-state index is 10.6. The number of aromatic nitrogens is 4. The maximum Gasteiger partial charge on any atom is 0.164 e. The lowest BCUT2D eigenvalue weighted by atomic mass is 9.99. The minimum Gasteiger partial charge on any atom is -0.387 e. The summed E-state index contributed by atoms with van der Waals surface area (Å²) in [6.07, 6.45) is -0.619. The third-order valence-corrected chi connectivity index (χ3v) is 4.83. The second-order valence-electron chi connectivity index (χ2n) is 6.57. The summed E-state index contributed by atoms with van der Waals surface area (Å²) in [6, 6.07) is 5.22. The van der Waals surface area contributed by atoms with Crippen molar-refractivity contribution < 1.29 is 20.1 Å². The molecule has 8 heteroatoms. The van der Waals surface area contributed by atoms with E-state index in [0.29, 0.717) is 11.2 Å². The molecular weight excluding hydrogens is 336 g/mol. The average Bonchev–Trinajstić information content (AvgIpc) is 3.18. The lowest BCUT2D eigenvalue weighted by Crippen LogP contribution is -2.34. The number of fused-ring (bicyclic) bond motifs is 1. The molecule has 136 valence electrons. The van der Waals surface area contributed by atoms with Crippen LogP contribution >= 0.6 is 0 Å². The standard InChI is InChI=1S/C18H20N4O4/c1-9-7-11(3-5-19-9)13(23)16-14(24)15(25)18(26-16)22-6-4-12-10(2)20-8-21-17(12)22/h3-8,13-16,18,23-25H,1-2H3. The molecule has 5 unspecified atom stereocenters. The van der Waals surface area contributed by atoms with Gasteiger partial charge in [-0.05, 0) is 37.6 Å². The van der Waals surface area contributed by atoms with Crippen LogP contribution in [0, 0.1) is 13.8 Å². The number of hydrogen-bond donors (Lipinski definition) is 3. The van der Waals surface area contributed by atoms with Gasteiger partial charge in [-0.3, -0.25) is 4.98 Å². The van der Waals surface area contributed by atoms with E-state index in [1.165, 1.54) is 6.33 Å². The van der Waals surface area contributed by atoms with Gasteiger partial charge in [-0.2, -0.15) is 0 Å². The normalized spacial score (nSPS) is 27.1. The molecule has 4 heterocycles. The van der Waals surface area contributed by atoms with Crippen molar-refractivity contribution in [3.05, 3.63) is 53.9 Å². The highest BCUT2D eigenvalue weighted by Crippen LogP contribution is 2.37. The van der Waals surface area contributed by atoms with Crippen LogP contribution in [0.2, 0.25) is 0 Å². The fourth-order valence-electron chi connectivity index (χ4n) is 3.42. The first-order valence-electron chi connectivity index (χ1n) is 8.37. The molecule has 3 aromatic heterocycles. The fraction of sp³-hybridized carbons (Fsp3) is 0.389. The Hall–Kier alpha value is -2.39. The van der Waals surface area contributed by atoms with Crippen molar-refractivity contribution in [2.24, 2.45) is 0 Å². The SMILES string of the molecule is Cc1cc(C(O)C2OC(n3ccc4c(C)ncnc43)C(O)C2O)ccn1. The molecule has 8 nitrogen and oxygen atoms in total. The Morgan fingerprint density at radius 3 is 2.69 bits per heavy atom. The number of aliphatic hydroxyl groups excluding tert-OH is 3. The number of aryl methyl sites for hydroxylation is 2. The maximum atomic E-state index is 10.6. The summed E-state index contributed by atoms with van der Waals surface area (Å²) < 4.78 is 7.52. The number of rotatable bonds is 3. The zero-order valence-corrected chi connectivity index (χ0v) is 14.4. The number of pyridine rings is 1. The van der Waals surface area contributed by atoms with Crippen molar-refractivity contribution in [1.29, 1.82) is 0 Å². The molecule has 4 rings (SSSR count). The fourth-order valence-corrected chi connectivity index (χ4v) is 3.42. The second-order valence-corrected chi connectivity index (χ2v) is 6.57. The van der Waals surface area contributed by atoms with Crippen LogP contribution in [0.4, 0.5) is 0 Å². The Labute approximate surface area is 149 Å². The van der Waals surface area contributed by atoms with E-state index in [0.717, 1.165) is 16.8 Å². The molecule has 0 radical (unpaired) electrons. The Kier molecular flexibility index (Phi) is 4.20. The molecule has 3 aromatic rings. The van der Waals surface area contributed by atoms with Crippen molar-refractivity contribution in [3.8, 4) is 0 Å². The highest BCUT2D eigenvalue weighted by atomic mass is 16.6. The van der Waals surface area contributed by atoms with Gasteiger partial charge in [0, 0.05) is 23.5 Å². The zero-order valence-electron chi connectivity index (χ0n) is 14.4. The van der Waals surface area contributed by atoms with Crippen LogP contribution < -0.4 is 0 Å². The van der Waals surface area contributed by atoms with Gasteiger partial charge in [0.25, 0.3) is 0 Å². The summed E-state index contributed by atoms with van der Waals surface area (Å²) in [4.78, 5) is 12.5. The van der Waals surface area contributed by atoms with Crippen LogP contribution in [-0.4, -0.2) is 53.2 Å². The minimum absolute atomic E-state index is 0.574. The molecule has 1 fully saturated rings. The number of nitrogens with zero attached hydrogens (tertiary/aromatic N) is 4. The molecule has 0 aromatic carbocycles. The van der Waals surface area contributed by atoms with Crippen molar-refractivity contribution in [3.63, 3.8) is 0 Å². The average molecular weight is 356 g/mol. The van der Waals surface area contributed by atoms with Crippen molar-refractivity contribution in [1.82, 2.24) is 19.5 Å². The molecule has 1 aliphatic heterocycles. The van der Waals surface area contributed by atoms with Gasteiger partial charge in [0.2, 0.25) is 0 Å². The Morgan fingerprint density at radius 2 is 1.92 bits per heavy atom. The van der Waals surface area contributed by atoms with Gasteiger partial charge in [0.1, 0.15) is 36.4 Å². The quantitative estimate of drug-likeness (QED) is 0.636. The molecule has 5 atom stereocenters. The highest BCUT2D eigenvalue weighted by Gasteiger charge is 2.47. The van der Waals surface area contributed by atoms with Crippen molar-refractivity contribution >= 4 is 11.0 Å². The van der Waals surface area contributed by atoms with Gasteiger partial charge in [0.05, 0.1) is 5.69 Å². The molecule has 0 spiro atoms. The topological polar surface area (TPSA) is 114 Å². The zero-order chi connectivity index (χ0) is 18.4. The molecule has 0 bridgehead atoms. The molecule has 1 saturated heterocycles. The Bertz CT molecular complexity index is 944. The predicted molar refractivity (Wildman–Crippen MR) is 92.1 cm³/mol. The van der Waals surface area contributed by atoms with Crippen LogP contribution in [-0.2, 0) is 4.74 Å². The molecular formula is C18H20N4O4. The van der Waals surface area contributed by atoms with Gasteiger partial charge in [-0.25, -0.2) is 9.97 Å². The van der Waals surface area contributed by atoms with E-state index in [1.54, 1.807) is 29.1 Å². The predicted octanol–water partition coefficient (Wildman–Crippen LogP) is 0.796. The summed E-state index contributed by atoms with van der Waals surface area (Å²) in [7, 11) is 0. The highest BCUT2D eigenvalue weighted by molar-refractivity contribution is 5.78. The Morgan fingerprint density at radius 1 is 1.12 bits per heavy atom. The van der Waals surface area contributed by atoms with E-state index in [9.17, 15) is 15.3 Å². The van der Waals surface area contributed by atoms with E-state index < -0.39 is 30.6 Å². The third-order valence-electron chi connectivity index (χ3n) is 4.83. The smallest absolute Gasteiger partial charge is 0.164 e. The van der Waals surface area contributed by atoms with Crippen molar-refractivity contribution in [2.75, 3.05) is 0 Å². The number of aliphatic hydroxyl groups is 3. The number of hydrogen-bond acceptors (Lipinski definition) is 7. The number of ether oxygens (including phenoxy) is 1. The summed E-state index contributed by atoms with van der Waals surface area (Å²) >= 11 is 0. The van der Waals surface area contributed by atoms with Crippen LogP contribution in [0.1, 0.15) is 29.3 Å². The summed E-state index contributed by atoms with van der Waals surface area (Å²) in [5.74, 6) is 0. The third kappa shape index (κ3) is 2.67. The summed E-state index contributed by atoms with van der Waals surface area (Å²) in [6.45, 7) is 3.68. The van der Waals surface area contributed by atoms with Crippen LogP contribution in [0.25, 0.3) is 11.0 Å². The van der Waals surface area contributed by atoms with Crippen LogP contribution in [0.5, 0.6) is 0 Å². The second kappa shape index (κ2) is 6.40. The van der Waals surface area contributed by atoms with E-state index >= 15 is 0 Å². The van der Waals surface area contributed by atoms with Crippen LogP contribution in [0.3, 0.4) is 0 Å². The molecule has 0 amide bonds. The first-order valence-corrected chi connectivity index (χ1v) is 8.37.